The molecule has 1 aliphatic heterocycles. The lowest BCUT2D eigenvalue weighted by Gasteiger charge is -2.40. The van der Waals surface area contributed by atoms with Crippen LogP contribution in [0.5, 0.6) is 0 Å². The first-order valence-electron chi connectivity index (χ1n) is 19.9. The molecule has 3 nitrogen and oxygen atoms in total. The van der Waals surface area contributed by atoms with Gasteiger partial charge in [-0.2, -0.15) is 0 Å². The van der Waals surface area contributed by atoms with Gasteiger partial charge in [0.25, 0.3) is 0 Å². The fraction of sp³-hybridized carbons (Fsp3) is 0. The van der Waals surface area contributed by atoms with Crippen molar-refractivity contribution in [2.75, 3.05) is 0 Å². The fourth-order valence-electron chi connectivity index (χ4n) is 8.56. The monoisotopic (exact) mass is 771 g/mol. The van der Waals surface area contributed by atoms with Gasteiger partial charge in [0, 0.05) is 36.3 Å². The molecule has 11 rings (SSSR count). The Labute approximate surface area is 345 Å². The summed E-state index contributed by atoms with van der Waals surface area (Å²) in [4.78, 5) is 20.5. The van der Waals surface area contributed by atoms with Crippen molar-refractivity contribution in [3.63, 3.8) is 0 Å². The van der Waals surface area contributed by atoms with Crippen LogP contribution in [0, 0.1) is 0 Å². The maximum atomic E-state index is 5.07. The van der Waals surface area contributed by atoms with Crippen molar-refractivity contribution in [2.45, 2.75) is 19.6 Å². The second-order valence-corrected chi connectivity index (χ2v) is 17.8. The Bertz CT molecular complexity index is 3130. The molecule has 0 radical (unpaired) electrons. The van der Waals surface area contributed by atoms with Crippen molar-refractivity contribution in [2.24, 2.45) is 0 Å². The SMILES string of the molecule is c1ccc(-c2ccc(-c3nc(-c4ccccc4)nc(-c4ccc(-c5ccc6c(c5)S(c5ccccc5)(c5cccc7ccccc57)c5ccccc5-6)cc4)n3)cc2)cc1. The molecule has 0 amide bonds. The number of hydrogen-bond acceptors (Lipinski definition) is 3. The highest BCUT2D eigenvalue weighted by Gasteiger charge is 2.42. The molecule has 0 N–H and O–H groups in total. The molecule has 1 aromatic heterocycles. The second-order valence-electron chi connectivity index (χ2n) is 14.8. The number of rotatable bonds is 7. The lowest BCUT2D eigenvalue weighted by atomic mass is 9.99. The number of fused-ring (bicyclic) bond motifs is 4. The second kappa shape index (κ2) is 14.5. The number of hydrogen-bond donors (Lipinski definition) is 0. The van der Waals surface area contributed by atoms with E-state index in [0.29, 0.717) is 17.5 Å². The Kier molecular flexibility index (Phi) is 8.57. The summed E-state index contributed by atoms with van der Waals surface area (Å²) in [6, 6.07) is 80.7. The zero-order valence-corrected chi connectivity index (χ0v) is 32.9. The van der Waals surface area contributed by atoms with Crippen LogP contribution in [-0.2, 0) is 0 Å². The van der Waals surface area contributed by atoms with E-state index in [-0.39, 0.29) is 0 Å². The molecular formula is C55H37N3S. The zero-order chi connectivity index (χ0) is 39.2. The van der Waals surface area contributed by atoms with Crippen molar-refractivity contribution < 1.29 is 0 Å². The minimum Gasteiger partial charge on any atom is -0.208 e. The maximum absolute atomic E-state index is 5.07. The summed E-state index contributed by atoms with van der Waals surface area (Å²) in [5, 5.41) is 2.55. The highest BCUT2D eigenvalue weighted by atomic mass is 32.3. The number of aromatic nitrogens is 3. The first kappa shape index (κ1) is 34.8. The Morgan fingerprint density at radius 3 is 1.36 bits per heavy atom. The van der Waals surface area contributed by atoms with Gasteiger partial charge in [-0.25, -0.2) is 15.0 Å². The average Bonchev–Trinajstić information content (AvgIpc) is 3.62. The van der Waals surface area contributed by atoms with Gasteiger partial charge in [-0.05, 0) is 74.5 Å². The molecular weight excluding hydrogens is 735 g/mol. The Morgan fingerprint density at radius 2 is 0.695 bits per heavy atom. The molecule has 0 bridgehead atoms. The Morgan fingerprint density at radius 1 is 0.271 bits per heavy atom. The van der Waals surface area contributed by atoms with Crippen molar-refractivity contribution in [3.05, 3.63) is 224 Å². The summed E-state index contributed by atoms with van der Waals surface area (Å²) >= 11 is 0. The minimum absolute atomic E-state index is 0.639. The first-order valence-corrected chi connectivity index (χ1v) is 21.6. The minimum atomic E-state index is -1.85. The predicted octanol–water partition coefficient (Wildman–Crippen LogP) is 14.7. The van der Waals surface area contributed by atoms with E-state index in [0.717, 1.165) is 27.8 Å². The zero-order valence-electron chi connectivity index (χ0n) is 32.1. The van der Waals surface area contributed by atoms with E-state index in [1.807, 2.05) is 36.4 Å². The number of nitrogens with zero attached hydrogens (tertiary/aromatic N) is 3. The summed E-state index contributed by atoms with van der Waals surface area (Å²) in [6.45, 7) is 0. The van der Waals surface area contributed by atoms with Crippen LogP contribution in [0.3, 0.4) is 0 Å². The molecule has 1 unspecified atom stereocenters. The molecule has 0 spiro atoms. The van der Waals surface area contributed by atoms with Crippen LogP contribution < -0.4 is 0 Å². The van der Waals surface area contributed by atoms with Gasteiger partial charge in [0.05, 0.1) is 0 Å². The largest absolute Gasteiger partial charge is 0.208 e. The molecule has 9 aromatic carbocycles. The lowest BCUT2D eigenvalue weighted by Crippen LogP contribution is -2.03. The van der Waals surface area contributed by atoms with Gasteiger partial charge >= 0.3 is 0 Å². The highest BCUT2D eigenvalue weighted by molar-refractivity contribution is 8.34. The van der Waals surface area contributed by atoms with Crippen molar-refractivity contribution in [1.29, 1.82) is 0 Å². The molecule has 0 fully saturated rings. The first-order chi connectivity index (χ1) is 29.2. The van der Waals surface area contributed by atoms with E-state index in [4.69, 9.17) is 15.0 Å². The predicted molar refractivity (Wildman–Crippen MR) is 243 cm³/mol. The normalized spacial score (nSPS) is 15.3. The van der Waals surface area contributed by atoms with E-state index in [1.165, 1.54) is 52.6 Å². The van der Waals surface area contributed by atoms with Crippen LogP contribution >= 0.6 is 10.0 Å². The van der Waals surface area contributed by atoms with Crippen molar-refractivity contribution in [3.8, 4) is 67.5 Å². The third kappa shape index (κ3) is 5.96. The Balaban J connectivity index is 1.03. The topological polar surface area (TPSA) is 38.7 Å². The number of benzene rings is 9. The molecule has 0 saturated carbocycles. The van der Waals surface area contributed by atoms with Crippen molar-refractivity contribution >= 4 is 20.8 Å². The summed E-state index contributed by atoms with van der Waals surface area (Å²) in [5.41, 5.74) is 10.1. The smallest absolute Gasteiger partial charge is 0.164 e. The molecule has 0 saturated heterocycles. The average molecular weight is 772 g/mol. The fourth-order valence-corrected chi connectivity index (χ4v) is 13.0. The maximum Gasteiger partial charge on any atom is 0.164 e. The van der Waals surface area contributed by atoms with Crippen LogP contribution in [0.4, 0.5) is 0 Å². The van der Waals surface area contributed by atoms with E-state index in [2.05, 4.69) is 188 Å². The molecule has 0 aliphatic carbocycles. The molecule has 2 heterocycles. The van der Waals surface area contributed by atoms with Gasteiger partial charge in [0.15, 0.2) is 17.5 Å². The third-order valence-electron chi connectivity index (χ3n) is 11.4. The lowest BCUT2D eigenvalue weighted by molar-refractivity contribution is 1.07. The molecule has 59 heavy (non-hydrogen) atoms. The van der Waals surface area contributed by atoms with E-state index in [1.54, 1.807) is 0 Å². The summed E-state index contributed by atoms with van der Waals surface area (Å²) in [7, 11) is -1.85. The molecule has 1 aliphatic rings. The molecule has 1 atom stereocenters. The summed E-state index contributed by atoms with van der Waals surface area (Å²) in [5.74, 6) is 1.93. The van der Waals surface area contributed by atoms with Crippen LogP contribution in [-0.4, -0.2) is 15.0 Å². The van der Waals surface area contributed by atoms with Gasteiger partial charge in [-0.15, -0.1) is 10.0 Å². The van der Waals surface area contributed by atoms with Crippen molar-refractivity contribution in [1.82, 2.24) is 15.0 Å². The van der Waals surface area contributed by atoms with Crippen LogP contribution in [0.25, 0.3) is 78.3 Å². The summed E-state index contributed by atoms with van der Waals surface area (Å²) in [6.07, 6.45) is 0. The van der Waals surface area contributed by atoms with Crippen LogP contribution in [0.1, 0.15) is 0 Å². The molecule has 10 aromatic rings. The van der Waals surface area contributed by atoms with Gasteiger partial charge in [0.1, 0.15) is 0 Å². The molecule has 4 heteroatoms. The summed E-state index contributed by atoms with van der Waals surface area (Å²) < 4.78 is 0. The van der Waals surface area contributed by atoms with E-state index in [9.17, 15) is 0 Å². The standard InChI is InChI=1S/C55H37N3S/c1-4-15-38(16-5-1)39-27-31-43(32-28-39)54-56-53(42-18-6-2-7-19-42)57-55(58-54)44-33-29-40(30-34-44)45-35-36-49-48-24-12-13-25-51(48)59(52(49)37-45,46-21-8-3-9-22-46)50-26-14-20-41-17-10-11-23-47(41)50/h1-37H. The third-order valence-corrected chi connectivity index (χ3v) is 15.4. The quantitative estimate of drug-likeness (QED) is 0.162. The van der Waals surface area contributed by atoms with Crippen LogP contribution in [0.2, 0.25) is 0 Å². The van der Waals surface area contributed by atoms with Crippen LogP contribution in [0.15, 0.2) is 244 Å². The van der Waals surface area contributed by atoms with E-state index < -0.39 is 10.0 Å². The highest BCUT2D eigenvalue weighted by Crippen LogP contribution is 2.80. The van der Waals surface area contributed by atoms with Gasteiger partial charge in [-0.1, -0.05) is 194 Å². The van der Waals surface area contributed by atoms with Gasteiger partial charge in [-0.3, -0.25) is 0 Å². The van der Waals surface area contributed by atoms with Gasteiger partial charge in [0.2, 0.25) is 0 Å². The van der Waals surface area contributed by atoms with Gasteiger partial charge < -0.3 is 0 Å². The van der Waals surface area contributed by atoms with E-state index >= 15 is 0 Å². The Hall–Kier alpha value is -7.40. The molecule has 278 valence electrons.